The van der Waals surface area contributed by atoms with Crippen LogP contribution in [0.5, 0.6) is 5.75 Å². The number of pyridine rings is 1. The van der Waals surface area contributed by atoms with Gasteiger partial charge in [-0.25, -0.2) is 0 Å². The van der Waals surface area contributed by atoms with Crippen molar-refractivity contribution in [2.45, 2.75) is 46.2 Å². The Morgan fingerprint density at radius 3 is 2.74 bits per heavy atom. The van der Waals surface area contributed by atoms with E-state index in [1.165, 1.54) is 16.7 Å². The molecule has 5 nitrogen and oxygen atoms in total. The van der Waals surface area contributed by atoms with Gasteiger partial charge in [0.1, 0.15) is 11.4 Å². The van der Waals surface area contributed by atoms with Crippen molar-refractivity contribution in [3.63, 3.8) is 0 Å². The minimum absolute atomic E-state index is 0.0796. The number of ether oxygens (including phenoxy) is 1. The fourth-order valence-corrected chi connectivity index (χ4v) is 3.92. The maximum atomic E-state index is 12.5. The summed E-state index contributed by atoms with van der Waals surface area (Å²) in [6.07, 6.45) is 2.62. The summed E-state index contributed by atoms with van der Waals surface area (Å²) in [5.41, 5.74) is 5.21. The van der Waals surface area contributed by atoms with Gasteiger partial charge in [-0.3, -0.25) is 14.7 Å². The van der Waals surface area contributed by atoms with Crippen LogP contribution in [0, 0.1) is 20.8 Å². The fraction of sp³-hybridized carbons (Fsp3) is 0.455. The predicted molar refractivity (Wildman–Crippen MR) is 107 cm³/mol. The van der Waals surface area contributed by atoms with Gasteiger partial charge in [0, 0.05) is 31.4 Å². The summed E-state index contributed by atoms with van der Waals surface area (Å²) >= 11 is 0. The lowest BCUT2D eigenvalue weighted by molar-refractivity contribution is 0.0930. The lowest BCUT2D eigenvalue weighted by Crippen LogP contribution is -2.38. The maximum Gasteiger partial charge on any atom is 0.270 e. The normalized spacial score (nSPS) is 18.3. The summed E-state index contributed by atoms with van der Waals surface area (Å²) in [5.74, 6) is 0.852. The topological polar surface area (TPSA) is 54.5 Å². The van der Waals surface area contributed by atoms with E-state index < -0.39 is 0 Å². The van der Waals surface area contributed by atoms with E-state index in [0.29, 0.717) is 11.7 Å². The molecule has 2 atom stereocenters. The number of carbonyl (C=O) groups excluding carboxylic acids is 1. The Labute approximate surface area is 161 Å². The molecule has 1 unspecified atom stereocenters. The third kappa shape index (κ3) is 3.98. The molecule has 1 saturated heterocycles. The van der Waals surface area contributed by atoms with Crippen LogP contribution in [0.1, 0.15) is 52.1 Å². The molecule has 0 bridgehead atoms. The van der Waals surface area contributed by atoms with Crippen molar-refractivity contribution in [2.75, 3.05) is 20.2 Å². The van der Waals surface area contributed by atoms with Gasteiger partial charge < -0.3 is 10.1 Å². The van der Waals surface area contributed by atoms with Gasteiger partial charge in [-0.05, 0) is 68.5 Å². The van der Waals surface area contributed by atoms with Gasteiger partial charge in [-0.15, -0.1) is 0 Å². The number of hydrogen-bond acceptors (Lipinski definition) is 4. The van der Waals surface area contributed by atoms with Crippen molar-refractivity contribution in [2.24, 2.45) is 0 Å². The second-order valence-electron chi connectivity index (χ2n) is 7.41. The van der Waals surface area contributed by atoms with E-state index in [9.17, 15) is 4.79 Å². The average Bonchev–Trinajstić information content (AvgIpc) is 3.12. The van der Waals surface area contributed by atoms with Crippen molar-refractivity contribution in [1.82, 2.24) is 15.2 Å². The van der Waals surface area contributed by atoms with Crippen LogP contribution < -0.4 is 10.1 Å². The highest BCUT2D eigenvalue weighted by atomic mass is 16.5. The Morgan fingerprint density at radius 2 is 2.04 bits per heavy atom. The van der Waals surface area contributed by atoms with E-state index in [1.54, 1.807) is 13.3 Å². The highest BCUT2D eigenvalue weighted by Crippen LogP contribution is 2.32. The van der Waals surface area contributed by atoms with Gasteiger partial charge in [-0.2, -0.15) is 0 Å². The number of aryl methyl sites for hydroxylation is 1. The Hall–Kier alpha value is -2.40. The summed E-state index contributed by atoms with van der Waals surface area (Å²) < 4.78 is 5.43. The zero-order valence-corrected chi connectivity index (χ0v) is 16.9. The lowest BCUT2D eigenvalue weighted by atomic mass is 9.97. The molecule has 1 aromatic heterocycles. The molecule has 27 heavy (non-hydrogen) atoms. The Balaban J connectivity index is 1.66. The summed E-state index contributed by atoms with van der Waals surface area (Å²) in [7, 11) is 1.71. The van der Waals surface area contributed by atoms with Crippen LogP contribution >= 0.6 is 0 Å². The van der Waals surface area contributed by atoms with Gasteiger partial charge in [0.2, 0.25) is 0 Å². The Morgan fingerprint density at radius 1 is 1.26 bits per heavy atom. The highest BCUT2D eigenvalue weighted by Gasteiger charge is 2.29. The molecule has 0 saturated carbocycles. The Bertz CT molecular complexity index is 834. The molecule has 0 aliphatic carbocycles. The summed E-state index contributed by atoms with van der Waals surface area (Å²) in [6, 6.07) is 8.43. The van der Waals surface area contributed by atoms with Crippen molar-refractivity contribution in [1.29, 1.82) is 0 Å². The summed E-state index contributed by atoms with van der Waals surface area (Å²) in [6.45, 7) is 10.2. The number of benzene rings is 1. The maximum absolute atomic E-state index is 12.5. The Kier molecular flexibility index (Phi) is 5.80. The van der Waals surface area contributed by atoms with Gasteiger partial charge in [-0.1, -0.05) is 12.1 Å². The number of nitrogens with one attached hydrogen (secondary N) is 1. The molecule has 1 fully saturated rings. The standard InChI is InChI=1S/C22H29N3O2/c1-14-7-6-11-23-21(14)22(26)24-18-10-12-25(13-18)17(4)19-8-9-20(27-5)16(3)15(19)2/h6-9,11,17-18H,10,12-13H2,1-5H3,(H,24,26)/t17?,18-/m1/s1. The first-order valence-electron chi connectivity index (χ1n) is 9.53. The van der Waals surface area contributed by atoms with E-state index in [4.69, 9.17) is 4.74 Å². The summed E-state index contributed by atoms with van der Waals surface area (Å²) in [5, 5.41) is 3.15. The first kappa shape index (κ1) is 19.4. The third-order valence-corrected chi connectivity index (χ3v) is 5.78. The van der Waals surface area contributed by atoms with E-state index in [0.717, 1.165) is 30.8 Å². The number of rotatable bonds is 5. The van der Waals surface area contributed by atoms with Crippen LogP contribution in [0.4, 0.5) is 0 Å². The number of nitrogens with zero attached hydrogens (tertiary/aromatic N) is 2. The fourth-order valence-electron chi connectivity index (χ4n) is 3.92. The van der Waals surface area contributed by atoms with Gasteiger partial charge in [0.05, 0.1) is 7.11 Å². The van der Waals surface area contributed by atoms with E-state index in [1.807, 2.05) is 25.1 Å². The molecular weight excluding hydrogens is 338 g/mol. The number of aromatic nitrogens is 1. The van der Waals surface area contributed by atoms with Crippen LogP contribution in [0.15, 0.2) is 30.5 Å². The quantitative estimate of drug-likeness (QED) is 0.878. The molecule has 3 rings (SSSR count). The molecule has 2 heterocycles. The smallest absolute Gasteiger partial charge is 0.270 e. The second-order valence-corrected chi connectivity index (χ2v) is 7.41. The van der Waals surface area contributed by atoms with E-state index in [2.05, 4.69) is 42.0 Å². The van der Waals surface area contributed by atoms with Crippen LogP contribution in [0.2, 0.25) is 0 Å². The zero-order chi connectivity index (χ0) is 19.6. The lowest BCUT2D eigenvalue weighted by Gasteiger charge is -2.27. The van der Waals surface area contributed by atoms with Crippen molar-refractivity contribution in [3.8, 4) is 5.75 Å². The van der Waals surface area contributed by atoms with Gasteiger partial charge in [0.15, 0.2) is 0 Å². The van der Waals surface area contributed by atoms with Crippen molar-refractivity contribution >= 4 is 5.91 Å². The minimum atomic E-state index is -0.0796. The molecule has 144 valence electrons. The SMILES string of the molecule is COc1ccc(C(C)N2CC[C@@H](NC(=O)c3ncccc3C)C2)c(C)c1C. The first-order valence-corrected chi connectivity index (χ1v) is 9.53. The molecule has 1 aromatic carbocycles. The molecule has 1 amide bonds. The molecule has 0 spiro atoms. The molecule has 1 N–H and O–H groups in total. The highest BCUT2D eigenvalue weighted by molar-refractivity contribution is 5.93. The molecule has 5 heteroatoms. The van der Waals surface area contributed by atoms with Crippen molar-refractivity contribution < 1.29 is 9.53 Å². The van der Waals surface area contributed by atoms with Crippen LogP contribution in [-0.2, 0) is 0 Å². The largest absolute Gasteiger partial charge is 0.496 e. The van der Waals surface area contributed by atoms with Gasteiger partial charge >= 0.3 is 0 Å². The van der Waals surface area contributed by atoms with Crippen LogP contribution in [0.25, 0.3) is 0 Å². The van der Waals surface area contributed by atoms with E-state index >= 15 is 0 Å². The second kappa shape index (κ2) is 8.09. The van der Waals surface area contributed by atoms with Crippen molar-refractivity contribution in [3.05, 3.63) is 58.4 Å². The number of amides is 1. The first-order chi connectivity index (χ1) is 12.9. The molecule has 2 aromatic rings. The number of carbonyl (C=O) groups is 1. The zero-order valence-electron chi connectivity index (χ0n) is 16.9. The summed E-state index contributed by atoms with van der Waals surface area (Å²) in [4.78, 5) is 19.2. The number of methoxy groups -OCH3 is 1. The monoisotopic (exact) mass is 367 g/mol. The number of hydrogen-bond donors (Lipinski definition) is 1. The minimum Gasteiger partial charge on any atom is -0.496 e. The average molecular weight is 367 g/mol. The van der Waals surface area contributed by atoms with E-state index in [-0.39, 0.29) is 11.9 Å². The third-order valence-electron chi connectivity index (χ3n) is 5.78. The predicted octanol–water partition coefficient (Wildman–Crippen LogP) is 3.58. The van der Waals surface area contributed by atoms with Crippen LogP contribution in [-0.4, -0.2) is 42.0 Å². The molecule has 0 radical (unpaired) electrons. The molecular formula is C22H29N3O2. The van der Waals surface area contributed by atoms with Crippen LogP contribution in [0.3, 0.4) is 0 Å². The molecule has 1 aliphatic rings. The number of likely N-dealkylation sites (tertiary alicyclic amines) is 1. The van der Waals surface area contributed by atoms with Gasteiger partial charge in [0.25, 0.3) is 5.91 Å². The molecule has 1 aliphatic heterocycles.